The van der Waals surface area contributed by atoms with Gasteiger partial charge in [-0.25, -0.2) is 4.99 Å². The van der Waals surface area contributed by atoms with E-state index in [1.807, 2.05) is 50.2 Å². The molecule has 124 valence electrons. The number of furan rings is 1. The number of nitrogens with one attached hydrogen (secondary N) is 1. The van der Waals surface area contributed by atoms with Gasteiger partial charge in [-0.15, -0.1) is 0 Å². The molecule has 0 spiro atoms. The summed E-state index contributed by atoms with van der Waals surface area (Å²) in [6.45, 7) is 3.97. The molecule has 0 aliphatic carbocycles. The Hall–Kier alpha value is -2.82. The second-order valence-corrected chi connectivity index (χ2v) is 5.86. The lowest BCUT2D eigenvalue weighted by Gasteiger charge is -2.09. The molecule has 0 unspecified atom stereocenters. The molecule has 1 aliphatic heterocycles. The highest BCUT2D eigenvalue weighted by Crippen LogP contribution is 2.18. The summed E-state index contributed by atoms with van der Waals surface area (Å²) in [6.07, 6.45) is 4.89. The Morgan fingerprint density at radius 3 is 2.67 bits per heavy atom. The van der Waals surface area contributed by atoms with Gasteiger partial charge in [-0.1, -0.05) is 12.1 Å². The molecule has 5 nitrogen and oxygen atoms in total. The molecule has 1 aromatic heterocycles. The molecule has 3 rings (SSSR count). The number of carbonyl (C=O) groups is 1. The average Bonchev–Trinajstić information content (AvgIpc) is 3.17. The van der Waals surface area contributed by atoms with E-state index in [1.165, 1.54) is 0 Å². The maximum absolute atomic E-state index is 12.0. The number of amidine groups is 1. The van der Waals surface area contributed by atoms with Gasteiger partial charge in [-0.05, 0) is 49.8 Å². The zero-order valence-corrected chi connectivity index (χ0v) is 13.8. The molecular formula is C19H20N2O3. The van der Waals surface area contributed by atoms with E-state index < -0.39 is 0 Å². The summed E-state index contributed by atoms with van der Waals surface area (Å²) in [4.78, 5) is 16.4. The number of aryl methyl sites for hydroxylation is 1. The van der Waals surface area contributed by atoms with E-state index in [0.29, 0.717) is 24.4 Å². The summed E-state index contributed by atoms with van der Waals surface area (Å²) in [5.41, 5.74) is 1.33. The number of amides is 1. The van der Waals surface area contributed by atoms with Crippen molar-refractivity contribution in [3.8, 4) is 5.75 Å². The molecule has 0 atom stereocenters. The van der Waals surface area contributed by atoms with Gasteiger partial charge in [0.2, 0.25) is 0 Å². The molecule has 5 heteroatoms. The van der Waals surface area contributed by atoms with Crippen molar-refractivity contribution < 1.29 is 13.9 Å². The van der Waals surface area contributed by atoms with Crippen molar-refractivity contribution >= 4 is 17.8 Å². The average molecular weight is 324 g/mol. The van der Waals surface area contributed by atoms with Crippen LogP contribution < -0.4 is 10.1 Å². The molecule has 24 heavy (non-hydrogen) atoms. The van der Waals surface area contributed by atoms with Crippen molar-refractivity contribution in [3.63, 3.8) is 0 Å². The minimum atomic E-state index is -0.174. The quantitative estimate of drug-likeness (QED) is 0.826. The van der Waals surface area contributed by atoms with Gasteiger partial charge >= 0.3 is 0 Å². The maximum atomic E-state index is 12.0. The lowest BCUT2D eigenvalue weighted by Crippen LogP contribution is -2.24. The van der Waals surface area contributed by atoms with E-state index in [-0.39, 0.29) is 12.0 Å². The molecule has 1 aliphatic rings. The van der Waals surface area contributed by atoms with Crippen LogP contribution in [0, 0.1) is 0 Å². The second-order valence-electron chi connectivity index (χ2n) is 5.86. The Labute approximate surface area is 141 Å². The van der Waals surface area contributed by atoms with Crippen LogP contribution in [0.25, 0.3) is 6.08 Å². The Balaban J connectivity index is 1.66. The van der Waals surface area contributed by atoms with Crippen LogP contribution in [0.5, 0.6) is 5.75 Å². The van der Waals surface area contributed by atoms with E-state index in [9.17, 15) is 4.79 Å². The van der Waals surface area contributed by atoms with Gasteiger partial charge in [0.15, 0.2) is 0 Å². The summed E-state index contributed by atoms with van der Waals surface area (Å²) in [5.74, 6) is 2.19. The summed E-state index contributed by atoms with van der Waals surface area (Å²) < 4.78 is 10.9. The fourth-order valence-electron chi connectivity index (χ4n) is 2.40. The van der Waals surface area contributed by atoms with Crippen molar-refractivity contribution in [2.75, 3.05) is 0 Å². The molecule has 0 radical (unpaired) electrons. The van der Waals surface area contributed by atoms with Crippen LogP contribution in [-0.4, -0.2) is 17.8 Å². The molecule has 0 fully saturated rings. The van der Waals surface area contributed by atoms with Crippen LogP contribution in [-0.2, 0) is 11.2 Å². The Bertz CT molecular complexity index is 756. The van der Waals surface area contributed by atoms with E-state index in [2.05, 4.69) is 10.3 Å². The normalized spacial score (nSPS) is 15.7. The first-order valence-corrected chi connectivity index (χ1v) is 8.00. The van der Waals surface area contributed by atoms with Crippen molar-refractivity contribution in [1.29, 1.82) is 0 Å². The lowest BCUT2D eigenvalue weighted by atomic mass is 10.2. The van der Waals surface area contributed by atoms with Crippen LogP contribution in [0.3, 0.4) is 0 Å². The highest BCUT2D eigenvalue weighted by Gasteiger charge is 2.19. The first-order chi connectivity index (χ1) is 11.6. The highest BCUT2D eigenvalue weighted by molar-refractivity contribution is 6.14. The number of benzene rings is 1. The standard InChI is InChI=1S/C19H20N2O3/c1-13(2)24-16-7-5-14(6-8-16)12-17-19(22)21-18(20-17)10-9-15-4-3-11-23-15/h3-8,11-13H,9-10H2,1-2H3,(H,20,21,22)/b17-12+. The van der Waals surface area contributed by atoms with Gasteiger partial charge in [0, 0.05) is 12.8 Å². The lowest BCUT2D eigenvalue weighted by molar-refractivity contribution is -0.115. The number of rotatable bonds is 6. The number of nitrogens with zero attached hydrogens (tertiary/aromatic N) is 1. The van der Waals surface area contributed by atoms with E-state index in [0.717, 1.165) is 17.1 Å². The molecule has 0 bridgehead atoms. The van der Waals surface area contributed by atoms with Gasteiger partial charge in [-0.3, -0.25) is 4.79 Å². The summed E-state index contributed by atoms with van der Waals surface area (Å²) in [6, 6.07) is 11.4. The van der Waals surface area contributed by atoms with Crippen LogP contribution in [0.4, 0.5) is 0 Å². The predicted octanol–water partition coefficient (Wildman–Crippen LogP) is 3.57. The zero-order chi connectivity index (χ0) is 16.9. The van der Waals surface area contributed by atoms with Gasteiger partial charge in [0.05, 0.1) is 12.4 Å². The monoisotopic (exact) mass is 324 g/mol. The Morgan fingerprint density at radius 1 is 1.21 bits per heavy atom. The van der Waals surface area contributed by atoms with E-state index >= 15 is 0 Å². The van der Waals surface area contributed by atoms with Crippen molar-refractivity contribution in [3.05, 3.63) is 59.7 Å². The first-order valence-electron chi connectivity index (χ1n) is 8.00. The summed E-state index contributed by atoms with van der Waals surface area (Å²) in [5, 5.41) is 2.80. The zero-order valence-electron chi connectivity index (χ0n) is 13.8. The SMILES string of the molecule is CC(C)Oc1ccc(/C=C2/N=C(CCc3ccco3)NC2=O)cc1. The largest absolute Gasteiger partial charge is 0.491 e. The first kappa shape index (κ1) is 16.1. The number of aliphatic imine (C=N–C) groups is 1. The van der Waals surface area contributed by atoms with E-state index in [4.69, 9.17) is 9.15 Å². The third-order valence-corrected chi connectivity index (χ3v) is 3.49. The third-order valence-electron chi connectivity index (χ3n) is 3.49. The van der Waals surface area contributed by atoms with Crippen LogP contribution in [0.1, 0.15) is 31.6 Å². The minimum Gasteiger partial charge on any atom is -0.491 e. The number of ether oxygens (including phenoxy) is 1. The number of carbonyl (C=O) groups excluding carboxylic acids is 1. The van der Waals surface area contributed by atoms with Gasteiger partial charge in [0.25, 0.3) is 5.91 Å². The molecule has 1 aromatic carbocycles. The smallest absolute Gasteiger partial charge is 0.275 e. The molecule has 2 heterocycles. The van der Waals surface area contributed by atoms with E-state index in [1.54, 1.807) is 12.3 Å². The topological polar surface area (TPSA) is 63.8 Å². The van der Waals surface area contributed by atoms with Crippen molar-refractivity contribution in [2.24, 2.45) is 4.99 Å². The number of hydrogen-bond acceptors (Lipinski definition) is 4. The van der Waals surface area contributed by atoms with Crippen LogP contribution in [0.15, 0.2) is 57.8 Å². The van der Waals surface area contributed by atoms with Crippen LogP contribution in [0.2, 0.25) is 0 Å². The van der Waals surface area contributed by atoms with Crippen molar-refractivity contribution in [1.82, 2.24) is 5.32 Å². The fraction of sp³-hybridized carbons (Fsp3) is 0.263. The second kappa shape index (κ2) is 7.17. The summed E-state index contributed by atoms with van der Waals surface area (Å²) >= 11 is 0. The maximum Gasteiger partial charge on any atom is 0.275 e. The molecule has 1 amide bonds. The highest BCUT2D eigenvalue weighted by atomic mass is 16.5. The molecular weight excluding hydrogens is 304 g/mol. The number of hydrogen-bond donors (Lipinski definition) is 1. The fourth-order valence-corrected chi connectivity index (χ4v) is 2.40. The molecule has 1 N–H and O–H groups in total. The van der Waals surface area contributed by atoms with Crippen molar-refractivity contribution in [2.45, 2.75) is 32.8 Å². The third kappa shape index (κ3) is 4.13. The Kier molecular flexibility index (Phi) is 4.79. The molecule has 0 saturated carbocycles. The summed E-state index contributed by atoms with van der Waals surface area (Å²) in [7, 11) is 0. The molecule has 0 saturated heterocycles. The van der Waals surface area contributed by atoms with Crippen LogP contribution >= 0.6 is 0 Å². The van der Waals surface area contributed by atoms with Gasteiger partial charge < -0.3 is 14.5 Å². The van der Waals surface area contributed by atoms with Gasteiger partial charge in [-0.2, -0.15) is 0 Å². The molecule has 2 aromatic rings. The van der Waals surface area contributed by atoms with Gasteiger partial charge in [0.1, 0.15) is 23.0 Å². The predicted molar refractivity (Wildman–Crippen MR) is 92.8 cm³/mol. The Morgan fingerprint density at radius 2 is 2.00 bits per heavy atom. The minimum absolute atomic E-state index is 0.135.